The molecule has 0 aliphatic carbocycles. The van der Waals surface area contributed by atoms with Crippen LogP contribution >= 0.6 is 34.0 Å². The fraction of sp³-hybridized carbons (Fsp3) is 0. The van der Waals surface area contributed by atoms with E-state index in [0.717, 1.165) is 0 Å². The molecular weight excluding hydrogens is 1840 g/mol. The maximum absolute atomic E-state index is 2.47. The van der Waals surface area contributed by atoms with Gasteiger partial charge in [0, 0.05) is 155 Å². The van der Waals surface area contributed by atoms with Crippen LogP contribution in [-0.4, -0.2) is 27.4 Å². The highest BCUT2D eigenvalue weighted by Gasteiger charge is 2.27. The lowest BCUT2D eigenvalue weighted by atomic mass is 10.00. The van der Waals surface area contributed by atoms with Crippen LogP contribution in [0.5, 0.6) is 0 Å². The number of nitrogens with zero attached hydrogens (tertiary/aromatic N) is 6. The van der Waals surface area contributed by atoms with Gasteiger partial charge in [-0.2, -0.15) is 0 Å². The van der Waals surface area contributed by atoms with Crippen molar-refractivity contribution in [1.29, 1.82) is 0 Å². The molecule has 6 nitrogen and oxygen atoms in total. The smallest absolute Gasteiger partial charge is 0.0719 e. The molecule has 147 heavy (non-hydrogen) atoms. The van der Waals surface area contributed by atoms with Crippen molar-refractivity contribution in [2.24, 2.45) is 0 Å². The van der Waals surface area contributed by atoms with Crippen molar-refractivity contribution < 1.29 is 0 Å². The van der Waals surface area contributed by atoms with Crippen LogP contribution in [0.15, 0.2) is 510 Å². The van der Waals surface area contributed by atoms with Crippen molar-refractivity contribution in [2.45, 2.75) is 0 Å². The van der Waals surface area contributed by atoms with Gasteiger partial charge in [0.1, 0.15) is 0 Å². The lowest BCUT2D eigenvalue weighted by molar-refractivity contribution is 1.18. The first-order valence-electron chi connectivity index (χ1n) is 50.3. The highest BCUT2D eigenvalue weighted by Crippen LogP contribution is 2.51. The van der Waals surface area contributed by atoms with Gasteiger partial charge in [0.05, 0.1) is 70.9 Å². The third-order valence-corrected chi connectivity index (χ3v) is 34.4. The van der Waals surface area contributed by atoms with Crippen LogP contribution in [0.3, 0.4) is 0 Å². The molecule has 0 amide bonds. The summed E-state index contributed by atoms with van der Waals surface area (Å²) in [5, 5.41) is 30.8. The lowest BCUT2D eigenvalue weighted by Crippen LogP contribution is -1.94. The molecule has 9 heteroatoms. The maximum atomic E-state index is 2.47. The molecule has 0 aliphatic rings. The highest BCUT2D eigenvalue weighted by atomic mass is 32.1. The van der Waals surface area contributed by atoms with E-state index in [1.165, 1.54) is 291 Å². The number of aromatic nitrogens is 6. The van der Waals surface area contributed by atoms with E-state index < -0.39 is 0 Å². The molecule has 0 N–H and O–H groups in total. The predicted molar refractivity (Wildman–Crippen MR) is 633 cm³/mol. The summed E-state index contributed by atoms with van der Waals surface area (Å²) in [6.07, 6.45) is 0. The quantitative estimate of drug-likeness (QED) is 0.138. The summed E-state index contributed by atoms with van der Waals surface area (Å²) in [4.78, 5) is 0. The van der Waals surface area contributed by atoms with Crippen LogP contribution < -0.4 is 0 Å². The third-order valence-electron chi connectivity index (χ3n) is 30.8. The Hall–Kier alpha value is -18.5. The van der Waals surface area contributed by atoms with Gasteiger partial charge < -0.3 is 27.4 Å². The van der Waals surface area contributed by atoms with E-state index in [4.69, 9.17) is 0 Å². The fourth-order valence-electron chi connectivity index (χ4n) is 24.2. The van der Waals surface area contributed by atoms with E-state index in [1.54, 1.807) is 0 Å². The van der Waals surface area contributed by atoms with E-state index in [1.807, 2.05) is 34.0 Å². The Morgan fingerprint density at radius 1 is 0.122 bits per heavy atom. The Kier molecular flexibility index (Phi) is 18.7. The van der Waals surface area contributed by atoms with Crippen molar-refractivity contribution in [3.63, 3.8) is 0 Å². The Morgan fingerprint density at radius 2 is 0.401 bits per heavy atom. The first-order valence-corrected chi connectivity index (χ1v) is 52.8. The van der Waals surface area contributed by atoms with Gasteiger partial charge in [-0.05, 0) is 260 Å². The number of benzene rings is 24. The van der Waals surface area contributed by atoms with Gasteiger partial charge in [0.25, 0.3) is 0 Å². The van der Waals surface area contributed by atoms with E-state index in [2.05, 4.69) is 537 Å². The minimum absolute atomic E-state index is 1.18. The largest absolute Gasteiger partial charge is 0.309 e. The Balaban J connectivity index is 0.0000000999. The Labute approximate surface area is 855 Å². The van der Waals surface area contributed by atoms with Crippen LogP contribution in [0.4, 0.5) is 0 Å². The number of thiophene rings is 3. The summed E-state index contributed by atoms with van der Waals surface area (Å²) in [6.45, 7) is 0. The standard InChI is InChI=1S/3C46H28N2S/c1-2-12-33(13-3-1)48-43-25-20-32(28-40(43)37-22-23-38-36-15-7-9-17-44(36)49-46(38)45(37)48)31-19-24-42-39(27-31)35-14-6-8-16-41(35)47(42)34-21-18-29-10-4-5-11-30(29)26-34;1-2-12-33(13-3-1)48-42-24-20-32(28-39(42)36-22-25-44-45(46(36)48)37-15-7-9-17-43(37)49-44)31-19-23-41-38(27-31)35-14-6-8-16-40(35)47(41)34-21-18-29-10-4-5-11-30(29)26-34;1-2-12-33(13-3-1)47-42-24-20-32(28-39(42)45-43(47)25-22-37-36-15-7-9-17-44(36)49-46(37)45)31-19-23-41-38(27-31)35-14-6-8-16-40(35)48(41)34-21-18-29-10-4-5-11-30(29)26-34/h3*1-28H. The highest BCUT2D eigenvalue weighted by molar-refractivity contribution is 7.27. The second-order valence-electron chi connectivity index (χ2n) is 38.9. The molecule has 24 aromatic carbocycles. The molecule has 0 fully saturated rings. The molecule has 684 valence electrons. The molecule has 0 radical (unpaired) electrons. The first kappa shape index (κ1) is 83.2. The summed E-state index contributed by atoms with van der Waals surface area (Å²) in [5.41, 5.74) is 29.2. The summed E-state index contributed by atoms with van der Waals surface area (Å²) >= 11 is 5.68. The molecule has 9 aromatic heterocycles. The molecule has 0 spiro atoms. The fourth-order valence-corrected chi connectivity index (χ4v) is 27.8. The minimum atomic E-state index is 1.18. The van der Waals surface area contributed by atoms with E-state index in [-0.39, 0.29) is 0 Å². The molecule has 0 unspecified atom stereocenters. The van der Waals surface area contributed by atoms with Crippen molar-refractivity contribution in [2.75, 3.05) is 0 Å². The number of fused-ring (bicyclic) bond motifs is 33. The van der Waals surface area contributed by atoms with Crippen LogP contribution in [0.1, 0.15) is 0 Å². The van der Waals surface area contributed by atoms with Crippen molar-refractivity contribution >= 4 is 258 Å². The number of hydrogen-bond donors (Lipinski definition) is 0. The molecule has 0 saturated carbocycles. The molecule has 0 atom stereocenters. The molecule has 0 aliphatic heterocycles. The molecule has 0 saturated heterocycles. The zero-order valence-electron chi connectivity index (χ0n) is 79.4. The van der Waals surface area contributed by atoms with Crippen LogP contribution in [0, 0.1) is 0 Å². The Bertz CT molecular complexity index is 11300. The van der Waals surface area contributed by atoms with Crippen LogP contribution in [0.25, 0.3) is 291 Å². The number of hydrogen-bond acceptors (Lipinski definition) is 3. The van der Waals surface area contributed by atoms with Crippen molar-refractivity contribution in [1.82, 2.24) is 27.4 Å². The molecular formula is C138H84N6S3. The van der Waals surface area contributed by atoms with Crippen LogP contribution in [-0.2, 0) is 0 Å². The number of para-hydroxylation sites is 6. The third kappa shape index (κ3) is 13.0. The van der Waals surface area contributed by atoms with Gasteiger partial charge in [-0.1, -0.05) is 315 Å². The summed E-state index contributed by atoms with van der Waals surface area (Å²) < 4.78 is 22.6. The average molecular weight is 1920 g/mol. The topological polar surface area (TPSA) is 29.6 Å². The second kappa shape index (κ2) is 33.1. The Morgan fingerprint density at radius 3 is 0.837 bits per heavy atom. The van der Waals surface area contributed by atoms with Crippen molar-refractivity contribution in [3.05, 3.63) is 510 Å². The van der Waals surface area contributed by atoms with Gasteiger partial charge in [-0.3, -0.25) is 0 Å². The van der Waals surface area contributed by atoms with Gasteiger partial charge in [0.15, 0.2) is 0 Å². The van der Waals surface area contributed by atoms with Crippen molar-refractivity contribution in [3.8, 4) is 67.5 Å². The molecule has 33 rings (SSSR count). The lowest BCUT2D eigenvalue weighted by Gasteiger charge is -2.10. The SMILES string of the molecule is c1ccc(-n2c3ccc(-c4ccc5c(c4)c4ccccc4n5-c4ccc5ccccc5c4)cc3c3c4sc5ccccc5c4ccc32)cc1.c1ccc(-n2c3ccc(-c4ccc5c(c4)c4ccccc4n5-c4ccc5ccccc5c4)cc3c3ccc4c5ccccc5sc4c32)cc1.c1ccc(-n2c3ccc(-c4ccc5c(c4)c4ccccc4n5-c4ccc5ccccc5c4)cc3c3ccc4sc5ccccc5c4c32)cc1. The molecule has 0 bridgehead atoms. The summed E-state index contributed by atoms with van der Waals surface area (Å²) in [5.74, 6) is 0. The van der Waals surface area contributed by atoms with Gasteiger partial charge in [-0.15, -0.1) is 34.0 Å². The summed E-state index contributed by atoms with van der Waals surface area (Å²) in [6, 6.07) is 187. The summed E-state index contributed by atoms with van der Waals surface area (Å²) in [7, 11) is 0. The minimum Gasteiger partial charge on any atom is -0.309 e. The molecule has 33 aromatic rings. The van der Waals surface area contributed by atoms with E-state index in [9.17, 15) is 0 Å². The average Bonchev–Trinajstić information content (AvgIpc) is 1.56. The van der Waals surface area contributed by atoms with Gasteiger partial charge >= 0.3 is 0 Å². The normalized spacial score (nSPS) is 12.1. The molecule has 9 heterocycles. The van der Waals surface area contributed by atoms with Gasteiger partial charge in [0.2, 0.25) is 0 Å². The number of rotatable bonds is 9. The zero-order valence-corrected chi connectivity index (χ0v) is 81.9. The van der Waals surface area contributed by atoms with Crippen LogP contribution in [0.2, 0.25) is 0 Å². The van der Waals surface area contributed by atoms with E-state index in [0.29, 0.717) is 0 Å². The maximum Gasteiger partial charge on any atom is 0.0719 e. The predicted octanol–water partition coefficient (Wildman–Crippen LogP) is 39.2. The zero-order chi connectivity index (χ0) is 96.2. The van der Waals surface area contributed by atoms with Gasteiger partial charge in [-0.25, -0.2) is 0 Å². The van der Waals surface area contributed by atoms with E-state index >= 15 is 0 Å². The first-order chi connectivity index (χ1) is 72.9. The second-order valence-corrected chi connectivity index (χ2v) is 42.0. The monoisotopic (exact) mass is 1920 g/mol.